The molecule has 0 fully saturated rings. The van der Waals surface area contributed by atoms with E-state index in [0.717, 1.165) is 0 Å². The number of nitrogens with one attached hydrogen (secondary N) is 2. The molecule has 11 heteroatoms. The molecular formula is C25H18Cl2N2O7. The number of halogens is 2. The summed E-state index contributed by atoms with van der Waals surface area (Å²) in [7, 11) is 0. The van der Waals surface area contributed by atoms with Crippen LogP contribution in [0.3, 0.4) is 0 Å². The highest BCUT2D eigenvalue weighted by Crippen LogP contribution is 2.37. The summed E-state index contributed by atoms with van der Waals surface area (Å²) in [5.74, 6) is -1.75. The van der Waals surface area contributed by atoms with Crippen molar-refractivity contribution in [2.75, 3.05) is 6.79 Å². The maximum Gasteiger partial charge on any atom is 0.352 e. The topological polar surface area (TPSA) is 134 Å². The van der Waals surface area contributed by atoms with Crippen molar-refractivity contribution in [3.05, 3.63) is 92.6 Å². The molecule has 0 saturated carbocycles. The molecule has 2 amide bonds. The number of rotatable bonds is 7. The number of carboxylic acids is 1. The van der Waals surface area contributed by atoms with E-state index in [2.05, 4.69) is 10.6 Å². The Morgan fingerprint density at radius 2 is 1.69 bits per heavy atom. The highest BCUT2D eigenvalue weighted by atomic mass is 35.5. The molecule has 1 aliphatic heterocycles. The van der Waals surface area contributed by atoms with Crippen LogP contribution < -0.4 is 20.1 Å². The van der Waals surface area contributed by atoms with Gasteiger partial charge in [-0.1, -0.05) is 35.3 Å². The number of hydrogen-bond donors (Lipinski definition) is 4. The zero-order valence-electron chi connectivity index (χ0n) is 18.4. The first-order valence-electron chi connectivity index (χ1n) is 10.4. The Morgan fingerprint density at radius 3 is 2.39 bits per heavy atom. The minimum atomic E-state index is -1.41. The van der Waals surface area contributed by atoms with Gasteiger partial charge in [0.15, 0.2) is 11.5 Å². The largest absolute Gasteiger partial charge is 0.508 e. The van der Waals surface area contributed by atoms with Crippen LogP contribution in [0.25, 0.3) is 6.08 Å². The molecule has 0 atom stereocenters. The van der Waals surface area contributed by atoms with Gasteiger partial charge in [0.2, 0.25) is 6.79 Å². The third-order valence-corrected chi connectivity index (χ3v) is 5.75. The van der Waals surface area contributed by atoms with Gasteiger partial charge in [0.1, 0.15) is 11.4 Å². The molecule has 0 bridgehead atoms. The van der Waals surface area contributed by atoms with Gasteiger partial charge in [0.05, 0.1) is 15.6 Å². The van der Waals surface area contributed by atoms with E-state index in [1.165, 1.54) is 48.5 Å². The summed E-state index contributed by atoms with van der Waals surface area (Å²) in [5, 5.41) is 24.2. The second-order valence-electron chi connectivity index (χ2n) is 7.59. The van der Waals surface area contributed by atoms with Crippen LogP contribution in [-0.2, 0) is 11.3 Å². The normalized spacial score (nSPS) is 12.2. The van der Waals surface area contributed by atoms with Crippen LogP contribution in [0.15, 0.2) is 60.3 Å². The molecule has 184 valence electrons. The van der Waals surface area contributed by atoms with E-state index >= 15 is 0 Å². The lowest BCUT2D eigenvalue weighted by Crippen LogP contribution is -2.28. The number of phenolic OH excluding ortho intramolecular Hbond substituents is 1. The molecule has 3 aromatic carbocycles. The molecule has 0 aliphatic carbocycles. The van der Waals surface area contributed by atoms with Crippen molar-refractivity contribution in [1.82, 2.24) is 10.6 Å². The quantitative estimate of drug-likeness (QED) is 0.337. The summed E-state index contributed by atoms with van der Waals surface area (Å²) >= 11 is 12.4. The van der Waals surface area contributed by atoms with Crippen LogP contribution in [0.1, 0.15) is 31.8 Å². The van der Waals surface area contributed by atoms with Gasteiger partial charge < -0.3 is 30.3 Å². The van der Waals surface area contributed by atoms with Crippen LogP contribution in [0.5, 0.6) is 17.2 Å². The number of amides is 2. The van der Waals surface area contributed by atoms with E-state index in [9.17, 15) is 24.6 Å². The van der Waals surface area contributed by atoms with E-state index in [1.54, 1.807) is 12.1 Å². The molecule has 0 saturated heterocycles. The number of fused-ring (bicyclic) bond motifs is 1. The fourth-order valence-electron chi connectivity index (χ4n) is 3.33. The van der Waals surface area contributed by atoms with E-state index in [0.29, 0.717) is 22.6 Å². The van der Waals surface area contributed by atoms with E-state index in [-0.39, 0.29) is 40.3 Å². The molecular weight excluding hydrogens is 511 g/mol. The fraction of sp³-hybridized carbons (Fsp3) is 0.0800. The van der Waals surface area contributed by atoms with Crippen molar-refractivity contribution in [3.63, 3.8) is 0 Å². The predicted octanol–water partition coefficient (Wildman–Crippen LogP) is 4.21. The number of benzene rings is 3. The number of carbonyl (C=O) groups is 3. The van der Waals surface area contributed by atoms with Gasteiger partial charge in [-0.3, -0.25) is 9.59 Å². The molecule has 0 unspecified atom stereocenters. The lowest BCUT2D eigenvalue weighted by atomic mass is 10.1. The van der Waals surface area contributed by atoms with Crippen molar-refractivity contribution in [2.45, 2.75) is 6.54 Å². The third kappa shape index (κ3) is 5.70. The molecule has 4 rings (SSSR count). The van der Waals surface area contributed by atoms with E-state index in [1.807, 2.05) is 0 Å². The average Bonchev–Trinajstić information content (AvgIpc) is 3.29. The minimum Gasteiger partial charge on any atom is -0.508 e. The average molecular weight is 529 g/mol. The smallest absolute Gasteiger partial charge is 0.352 e. The Bertz CT molecular complexity index is 1410. The highest BCUT2D eigenvalue weighted by Gasteiger charge is 2.20. The Morgan fingerprint density at radius 1 is 0.944 bits per heavy atom. The fourth-order valence-corrected chi connectivity index (χ4v) is 3.81. The molecule has 0 aromatic heterocycles. The molecule has 3 aromatic rings. The van der Waals surface area contributed by atoms with Gasteiger partial charge in [-0.2, -0.15) is 0 Å². The van der Waals surface area contributed by atoms with Crippen molar-refractivity contribution < 1.29 is 34.1 Å². The minimum absolute atomic E-state index is 0.0176. The zero-order valence-corrected chi connectivity index (χ0v) is 19.9. The first-order valence-corrected chi connectivity index (χ1v) is 11.2. The first-order chi connectivity index (χ1) is 17.2. The molecule has 4 N–H and O–H groups in total. The number of hydrogen-bond acceptors (Lipinski definition) is 6. The Labute approximate surface area is 214 Å². The van der Waals surface area contributed by atoms with Crippen molar-refractivity contribution >= 4 is 47.1 Å². The summed E-state index contributed by atoms with van der Waals surface area (Å²) < 4.78 is 10.5. The lowest BCUT2D eigenvalue weighted by Gasteiger charge is -2.10. The first kappa shape index (κ1) is 24.9. The zero-order chi connectivity index (χ0) is 25.8. The van der Waals surface area contributed by atoms with E-state index < -0.39 is 23.5 Å². The number of aromatic hydroxyl groups is 1. The number of carboxylic acid groups (broad SMARTS) is 1. The van der Waals surface area contributed by atoms with Crippen molar-refractivity contribution in [3.8, 4) is 17.2 Å². The second kappa shape index (κ2) is 10.6. The predicted molar refractivity (Wildman–Crippen MR) is 131 cm³/mol. The SMILES string of the molecule is O=C(O)C(=Cc1cc2c(cc1Cl)OCO2)NC(=O)c1ccc(C(=O)NCc2cccc(O)c2)cc1Cl. The van der Waals surface area contributed by atoms with Gasteiger partial charge in [0.25, 0.3) is 11.8 Å². The third-order valence-electron chi connectivity index (χ3n) is 5.11. The monoisotopic (exact) mass is 528 g/mol. The summed E-state index contributed by atoms with van der Waals surface area (Å²) in [5.41, 5.74) is 0.692. The Hall–Kier alpha value is -4.21. The van der Waals surface area contributed by atoms with Crippen LogP contribution in [-0.4, -0.2) is 34.8 Å². The van der Waals surface area contributed by atoms with Crippen LogP contribution in [0, 0.1) is 0 Å². The summed E-state index contributed by atoms with van der Waals surface area (Å²) in [4.78, 5) is 37.0. The molecule has 1 aliphatic rings. The van der Waals surface area contributed by atoms with Gasteiger partial charge in [0, 0.05) is 18.2 Å². The van der Waals surface area contributed by atoms with Gasteiger partial charge in [-0.25, -0.2) is 4.79 Å². The van der Waals surface area contributed by atoms with Crippen LogP contribution in [0.2, 0.25) is 10.0 Å². The molecule has 36 heavy (non-hydrogen) atoms. The number of phenols is 1. The van der Waals surface area contributed by atoms with Crippen molar-refractivity contribution in [1.29, 1.82) is 0 Å². The van der Waals surface area contributed by atoms with Gasteiger partial charge in [-0.15, -0.1) is 0 Å². The maximum absolute atomic E-state index is 12.8. The van der Waals surface area contributed by atoms with Crippen molar-refractivity contribution in [2.24, 2.45) is 0 Å². The Balaban J connectivity index is 1.48. The summed E-state index contributed by atoms with van der Waals surface area (Å²) in [6, 6.07) is 13.4. The standard InChI is InChI=1S/C25H18Cl2N2O7/c26-18-10-22-21(35-12-36-22)9-15(18)8-20(25(33)34)29-24(32)17-5-4-14(7-19(17)27)23(31)28-11-13-2-1-3-16(30)6-13/h1-10,30H,11-12H2,(H,28,31)(H,29,32)(H,33,34). The number of carbonyl (C=O) groups excluding carboxylic acids is 2. The van der Waals surface area contributed by atoms with Gasteiger partial charge in [-0.05, 0) is 53.6 Å². The van der Waals surface area contributed by atoms with Crippen LogP contribution >= 0.6 is 23.2 Å². The lowest BCUT2D eigenvalue weighted by molar-refractivity contribution is -0.132. The number of aliphatic carboxylic acids is 1. The maximum atomic E-state index is 12.8. The van der Waals surface area contributed by atoms with Gasteiger partial charge >= 0.3 is 5.97 Å². The molecule has 9 nitrogen and oxygen atoms in total. The van der Waals surface area contributed by atoms with Crippen LogP contribution in [0.4, 0.5) is 0 Å². The second-order valence-corrected chi connectivity index (χ2v) is 8.41. The highest BCUT2D eigenvalue weighted by molar-refractivity contribution is 6.34. The Kier molecular flexibility index (Phi) is 7.33. The molecule has 0 radical (unpaired) electrons. The van der Waals surface area contributed by atoms with E-state index in [4.69, 9.17) is 32.7 Å². The number of ether oxygens (including phenoxy) is 2. The molecule has 0 spiro atoms. The molecule has 1 heterocycles. The summed E-state index contributed by atoms with van der Waals surface area (Å²) in [6.07, 6.45) is 1.18. The summed E-state index contributed by atoms with van der Waals surface area (Å²) in [6.45, 7) is 0.186.